The standard InChI is InChI=1S/C13H17N3/c1-10-12(8-9-14)15-13(16(10)2)11-6-4-3-5-7-11/h3-7H,8-9,14H2,1-2H3. The Labute approximate surface area is 95.9 Å². The van der Waals surface area contributed by atoms with Gasteiger partial charge in [-0.2, -0.15) is 0 Å². The van der Waals surface area contributed by atoms with Crippen molar-refractivity contribution in [3.8, 4) is 11.4 Å². The lowest BCUT2D eigenvalue weighted by Gasteiger charge is -2.02. The fourth-order valence-electron chi connectivity index (χ4n) is 1.86. The summed E-state index contributed by atoms with van der Waals surface area (Å²) in [4.78, 5) is 4.65. The molecule has 0 amide bonds. The Morgan fingerprint density at radius 3 is 2.56 bits per heavy atom. The molecule has 3 heteroatoms. The summed E-state index contributed by atoms with van der Waals surface area (Å²) in [5.74, 6) is 1.02. The van der Waals surface area contributed by atoms with Crippen molar-refractivity contribution in [1.29, 1.82) is 0 Å². The number of nitrogens with two attached hydrogens (primary N) is 1. The molecule has 0 aliphatic heterocycles. The first-order valence-corrected chi connectivity index (χ1v) is 5.51. The Kier molecular flexibility index (Phi) is 3.06. The van der Waals surface area contributed by atoms with Crippen molar-refractivity contribution in [3.05, 3.63) is 41.7 Å². The molecule has 0 aliphatic carbocycles. The monoisotopic (exact) mass is 215 g/mol. The van der Waals surface area contributed by atoms with Crippen LogP contribution in [-0.4, -0.2) is 16.1 Å². The zero-order chi connectivity index (χ0) is 11.5. The number of hydrogen-bond acceptors (Lipinski definition) is 2. The van der Waals surface area contributed by atoms with Gasteiger partial charge in [0, 0.05) is 24.7 Å². The number of benzene rings is 1. The summed E-state index contributed by atoms with van der Waals surface area (Å²) in [7, 11) is 2.05. The zero-order valence-corrected chi connectivity index (χ0v) is 9.77. The number of imidazole rings is 1. The van der Waals surface area contributed by atoms with Gasteiger partial charge in [-0.05, 0) is 13.5 Å². The highest BCUT2D eigenvalue weighted by molar-refractivity contribution is 5.56. The Hall–Kier alpha value is -1.61. The van der Waals surface area contributed by atoms with Crippen molar-refractivity contribution in [1.82, 2.24) is 9.55 Å². The topological polar surface area (TPSA) is 43.8 Å². The van der Waals surface area contributed by atoms with Crippen LogP contribution in [0.1, 0.15) is 11.4 Å². The van der Waals surface area contributed by atoms with Crippen LogP contribution in [-0.2, 0) is 13.5 Å². The lowest BCUT2D eigenvalue weighted by atomic mass is 10.2. The summed E-state index contributed by atoms with van der Waals surface area (Å²) in [5.41, 5.74) is 9.03. The highest BCUT2D eigenvalue weighted by Gasteiger charge is 2.11. The summed E-state index contributed by atoms with van der Waals surface area (Å²) < 4.78 is 2.13. The first-order chi connectivity index (χ1) is 7.74. The molecule has 2 N–H and O–H groups in total. The summed E-state index contributed by atoms with van der Waals surface area (Å²) in [6.45, 7) is 2.73. The van der Waals surface area contributed by atoms with E-state index in [-0.39, 0.29) is 0 Å². The summed E-state index contributed by atoms with van der Waals surface area (Å²) >= 11 is 0. The van der Waals surface area contributed by atoms with Gasteiger partial charge in [-0.3, -0.25) is 0 Å². The Balaban J connectivity index is 2.46. The molecule has 84 valence electrons. The van der Waals surface area contributed by atoms with Crippen LogP contribution in [0.2, 0.25) is 0 Å². The quantitative estimate of drug-likeness (QED) is 0.849. The number of hydrogen-bond donors (Lipinski definition) is 1. The molecule has 0 saturated carbocycles. The van der Waals surface area contributed by atoms with E-state index in [4.69, 9.17) is 5.73 Å². The van der Waals surface area contributed by atoms with Crippen LogP contribution >= 0.6 is 0 Å². The van der Waals surface area contributed by atoms with Crippen LogP contribution in [0.25, 0.3) is 11.4 Å². The van der Waals surface area contributed by atoms with Crippen LogP contribution in [0, 0.1) is 6.92 Å². The Morgan fingerprint density at radius 1 is 1.25 bits per heavy atom. The maximum Gasteiger partial charge on any atom is 0.140 e. The number of rotatable bonds is 3. The third-order valence-electron chi connectivity index (χ3n) is 2.89. The molecule has 0 fully saturated rings. The molecule has 1 aromatic heterocycles. The maximum atomic E-state index is 5.58. The summed E-state index contributed by atoms with van der Waals surface area (Å²) in [6.07, 6.45) is 0.840. The molecule has 0 bridgehead atoms. The van der Waals surface area contributed by atoms with E-state index in [1.54, 1.807) is 0 Å². The molecule has 2 aromatic rings. The second-order valence-corrected chi connectivity index (χ2v) is 3.93. The van der Waals surface area contributed by atoms with Gasteiger partial charge in [-0.25, -0.2) is 4.98 Å². The minimum Gasteiger partial charge on any atom is -0.331 e. The maximum absolute atomic E-state index is 5.58. The molecule has 2 rings (SSSR count). The van der Waals surface area contributed by atoms with E-state index in [0.717, 1.165) is 23.5 Å². The lowest BCUT2D eigenvalue weighted by molar-refractivity contribution is 0.865. The average Bonchev–Trinajstić information content (AvgIpc) is 2.59. The summed E-state index contributed by atoms with van der Waals surface area (Å²) in [6, 6.07) is 10.2. The molecule has 0 aliphatic rings. The van der Waals surface area contributed by atoms with Gasteiger partial charge in [0.25, 0.3) is 0 Å². The van der Waals surface area contributed by atoms with Gasteiger partial charge >= 0.3 is 0 Å². The van der Waals surface area contributed by atoms with Gasteiger partial charge in [0.15, 0.2) is 0 Å². The first kappa shape index (κ1) is 10.9. The van der Waals surface area contributed by atoms with Crippen LogP contribution in [0.4, 0.5) is 0 Å². The third kappa shape index (κ3) is 1.86. The predicted molar refractivity (Wildman–Crippen MR) is 66.1 cm³/mol. The second kappa shape index (κ2) is 4.49. The smallest absolute Gasteiger partial charge is 0.140 e. The fourth-order valence-corrected chi connectivity index (χ4v) is 1.86. The molecule has 0 spiro atoms. The van der Waals surface area contributed by atoms with Crippen LogP contribution in [0.5, 0.6) is 0 Å². The molecule has 3 nitrogen and oxygen atoms in total. The SMILES string of the molecule is Cc1c(CCN)nc(-c2ccccc2)n1C. The third-order valence-corrected chi connectivity index (χ3v) is 2.89. The highest BCUT2D eigenvalue weighted by atomic mass is 15.1. The fraction of sp³-hybridized carbons (Fsp3) is 0.308. The van der Waals surface area contributed by atoms with Crippen molar-refractivity contribution in [2.24, 2.45) is 12.8 Å². The van der Waals surface area contributed by atoms with Crippen molar-refractivity contribution >= 4 is 0 Å². The summed E-state index contributed by atoms with van der Waals surface area (Å²) in [5, 5.41) is 0. The highest BCUT2D eigenvalue weighted by Crippen LogP contribution is 2.20. The predicted octanol–water partition coefficient (Wildman–Crippen LogP) is 1.90. The molecular weight excluding hydrogens is 198 g/mol. The van der Waals surface area contributed by atoms with E-state index in [2.05, 4.69) is 28.6 Å². The van der Waals surface area contributed by atoms with Gasteiger partial charge < -0.3 is 10.3 Å². The van der Waals surface area contributed by atoms with E-state index in [9.17, 15) is 0 Å². The van der Waals surface area contributed by atoms with E-state index >= 15 is 0 Å². The molecule has 0 radical (unpaired) electrons. The van der Waals surface area contributed by atoms with Gasteiger partial charge in [-0.1, -0.05) is 30.3 Å². The molecule has 16 heavy (non-hydrogen) atoms. The van der Waals surface area contributed by atoms with Crippen molar-refractivity contribution in [2.75, 3.05) is 6.54 Å². The average molecular weight is 215 g/mol. The van der Waals surface area contributed by atoms with Gasteiger partial charge in [0.1, 0.15) is 5.82 Å². The van der Waals surface area contributed by atoms with E-state index in [1.165, 1.54) is 5.69 Å². The van der Waals surface area contributed by atoms with Crippen molar-refractivity contribution in [3.63, 3.8) is 0 Å². The number of aromatic nitrogens is 2. The first-order valence-electron chi connectivity index (χ1n) is 5.51. The molecule has 0 atom stereocenters. The minimum absolute atomic E-state index is 0.645. The minimum atomic E-state index is 0.645. The van der Waals surface area contributed by atoms with Gasteiger partial charge in [0.05, 0.1) is 5.69 Å². The van der Waals surface area contributed by atoms with Gasteiger partial charge in [-0.15, -0.1) is 0 Å². The van der Waals surface area contributed by atoms with E-state index in [1.807, 2.05) is 25.2 Å². The van der Waals surface area contributed by atoms with Gasteiger partial charge in [0.2, 0.25) is 0 Å². The molecule has 1 heterocycles. The zero-order valence-electron chi connectivity index (χ0n) is 9.77. The van der Waals surface area contributed by atoms with Crippen LogP contribution < -0.4 is 5.73 Å². The lowest BCUT2D eigenvalue weighted by Crippen LogP contribution is -2.04. The van der Waals surface area contributed by atoms with E-state index < -0.39 is 0 Å². The Morgan fingerprint density at radius 2 is 1.94 bits per heavy atom. The molecule has 1 aromatic carbocycles. The Bertz CT molecular complexity index is 471. The van der Waals surface area contributed by atoms with Crippen molar-refractivity contribution < 1.29 is 0 Å². The van der Waals surface area contributed by atoms with Crippen LogP contribution in [0.3, 0.4) is 0 Å². The second-order valence-electron chi connectivity index (χ2n) is 3.93. The normalized spacial score (nSPS) is 10.7. The molecular formula is C13H17N3. The molecule has 0 unspecified atom stereocenters. The number of nitrogens with zero attached hydrogens (tertiary/aromatic N) is 2. The van der Waals surface area contributed by atoms with Crippen molar-refractivity contribution in [2.45, 2.75) is 13.3 Å². The van der Waals surface area contributed by atoms with Crippen LogP contribution in [0.15, 0.2) is 30.3 Å². The van der Waals surface area contributed by atoms with E-state index in [0.29, 0.717) is 6.54 Å². The molecule has 0 saturated heterocycles. The largest absolute Gasteiger partial charge is 0.331 e.